The van der Waals surface area contributed by atoms with E-state index in [1.54, 1.807) is 0 Å². The normalized spacial score (nSPS) is 11.6. The highest BCUT2D eigenvalue weighted by Gasteiger charge is 2.23. The molecule has 1 amide bonds. The van der Waals surface area contributed by atoms with Crippen molar-refractivity contribution in [2.45, 2.75) is 24.2 Å². The van der Waals surface area contributed by atoms with Crippen molar-refractivity contribution in [1.82, 2.24) is 4.72 Å². The fraction of sp³-hybridized carbons (Fsp3) is 0.364. The van der Waals surface area contributed by atoms with Gasteiger partial charge in [0.2, 0.25) is 15.9 Å². The molecule has 0 saturated heterocycles. The van der Waals surface area contributed by atoms with Crippen LogP contribution in [-0.4, -0.2) is 20.9 Å². The lowest BCUT2D eigenvalue weighted by atomic mass is 10.2. The van der Waals surface area contributed by atoms with Gasteiger partial charge in [-0.2, -0.15) is 0 Å². The first-order valence-electron chi connectivity index (χ1n) is 5.87. The van der Waals surface area contributed by atoms with Crippen molar-refractivity contribution < 1.29 is 17.6 Å². The fourth-order valence-electron chi connectivity index (χ4n) is 1.50. The molecule has 0 unspecified atom stereocenters. The number of primary amides is 1. The average molecular weight is 403 g/mol. The van der Waals surface area contributed by atoms with Crippen molar-refractivity contribution in [3.05, 3.63) is 21.4 Å². The van der Waals surface area contributed by atoms with Gasteiger partial charge in [-0.1, -0.05) is 11.6 Å². The average Bonchev–Trinajstić information content (AvgIpc) is 2.39. The summed E-state index contributed by atoms with van der Waals surface area (Å²) in [5, 5.41) is -0.0111. The second-order valence-corrected chi connectivity index (χ2v) is 7.15. The molecule has 0 heterocycles. The number of nitrogens with one attached hydrogen (secondary N) is 1. The zero-order valence-corrected chi connectivity index (χ0v) is 14.0. The van der Waals surface area contributed by atoms with Crippen molar-refractivity contribution in [2.75, 3.05) is 12.3 Å². The van der Waals surface area contributed by atoms with E-state index in [1.807, 2.05) is 0 Å². The van der Waals surface area contributed by atoms with Gasteiger partial charge >= 0.3 is 0 Å². The van der Waals surface area contributed by atoms with Crippen molar-refractivity contribution in [1.29, 1.82) is 0 Å². The number of nitrogen functional groups attached to an aromatic ring is 1. The number of hydrogen-bond acceptors (Lipinski definition) is 4. The topological polar surface area (TPSA) is 115 Å². The van der Waals surface area contributed by atoms with E-state index in [9.17, 15) is 17.6 Å². The summed E-state index contributed by atoms with van der Waals surface area (Å²) in [4.78, 5) is 9.91. The van der Waals surface area contributed by atoms with Gasteiger partial charge in [0, 0.05) is 13.0 Å². The first kappa shape index (κ1) is 18.1. The molecule has 0 atom stereocenters. The Hall–Kier alpha value is -0.900. The van der Waals surface area contributed by atoms with E-state index in [0.717, 1.165) is 6.07 Å². The number of hydrogen-bond donors (Lipinski definition) is 3. The highest BCUT2D eigenvalue weighted by Crippen LogP contribution is 2.34. The Morgan fingerprint density at radius 3 is 2.62 bits per heavy atom. The van der Waals surface area contributed by atoms with E-state index in [4.69, 9.17) is 23.1 Å². The molecule has 1 aromatic carbocycles. The van der Waals surface area contributed by atoms with Crippen LogP contribution in [0.3, 0.4) is 0 Å². The second-order valence-electron chi connectivity index (χ2n) is 4.22. The SMILES string of the molecule is NC(=O)CCCCNS(=O)(=O)c1cc(Cl)c(Br)c(N)c1F. The zero-order valence-electron chi connectivity index (χ0n) is 10.8. The number of unbranched alkanes of at least 4 members (excludes halogenated alkanes) is 1. The molecule has 1 rings (SSSR count). The van der Waals surface area contributed by atoms with E-state index in [2.05, 4.69) is 20.7 Å². The van der Waals surface area contributed by atoms with E-state index in [1.165, 1.54) is 0 Å². The largest absolute Gasteiger partial charge is 0.395 e. The van der Waals surface area contributed by atoms with Gasteiger partial charge in [-0.05, 0) is 34.8 Å². The minimum atomic E-state index is -4.08. The number of halogens is 3. The molecule has 1 aromatic rings. The van der Waals surface area contributed by atoms with Crippen LogP contribution in [0.4, 0.5) is 10.1 Å². The Balaban J connectivity index is 2.82. The van der Waals surface area contributed by atoms with Crippen LogP contribution in [0.5, 0.6) is 0 Å². The van der Waals surface area contributed by atoms with Gasteiger partial charge in [0.15, 0.2) is 5.82 Å². The third-order valence-corrected chi connectivity index (χ3v) is 5.43. The lowest BCUT2D eigenvalue weighted by molar-refractivity contribution is -0.118. The Morgan fingerprint density at radius 1 is 1.43 bits per heavy atom. The molecule has 0 saturated carbocycles. The Morgan fingerprint density at radius 2 is 2.05 bits per heavy atom. The molecular weight excluding hydrogens is 389 g/mol. The monoisotopic (exact) mass is 401 g/mol. The van der Waals surface area contributed by atoms with Crippen LogP contribution < -0.4 is 16.2 Å². The van der Waals surface area contributed by atoms with Crippen molar-refractivity contribution >= 4 is 49.1 Å². The molecule has 0 aliphatic carbocycles. The molecule has 0 aromatic heterocycles. The van der Waals surface area contributed by atoms with Crippen molar-refractivity contribution in [3.8, 4) is 0 Å². The molecule has 0 spiro atoms. The number of nitrogens with two attached hydrogens (primary N) is 2. The number of benzene rings is 1. The highest BCUT2D eigenvalue weighted by atomic mass is 79.9. The first-order chi connectivity index (χ1) is 9.66. The maximum Gasteiger partial charge on any atom is 0.243 e. The standard InChI is InChI=1S/C11H14BrClFN3O3S/c12-9-6(13)5-7(10(14)11(9)16)21(19,20)17-4-2-1-3-8(15)18/h5,17H,1-4,16H2,(H2,15,18). The van der Waals surface area contributed by atoms with Crippen LogP contribution in [-0.2, 0) is 14.8 Å². The maximum absolute atomic E-state index is 13.9. The second kappa shape index (κ2) is 7.39. The van der Waals surface area contributed by atoms with Gasteiger partial charge in [0.1, 0.15) is 4.90 Å². The lowest BCUT2D eigenvalue weighted by Gasteiger charge is -2.11. The zero-order chi connectivity index (χ0) is 16.2. The fourth-order valence-corrected chi connectivity index (χ4v) is 3.26. The van der Waals surface area contributed by atoms with Gasteiger partial charge in [0.25, 0.3) is 0 Å². The summed E-state index contributed by atoms with van der Waals surface area (Å²) in [6.45, 7) is 0.0443. The summed E-state index contributed by atoms with van der Waals surface area (Å²) in [7, 11) is -4.08. The predicted octanol–water partition coefficient (Wildman–Crippen LogP) is 1.76. The van der Waals surface area contributed by atoms with E-state index >= 15 is 0 Å². The van der Waals surface area contributed by atoms with E-state index < -0.39 is 26.6 Å². The summed E-state index contributed by atoms with van der Waals surface area (Å²) in [6.07, 6.45) is 0.986. The molecular formula is C11H14BrClFN3O3S. The third kappa shape index (κ3) is 4.80. The van der Waals surface area contributed by atoms with Crippen LogP contribution in [0.15, 0.2) is 15.4 Å². The number of amides is 1. The smallest absolute Gasteiger partial charge is 0.243 e. The van der Waals surface area contributed by atoms with Crippen LogP contribution in [0.2, 0.25) is 5.02 Å². The number of rotatable bonds is 7. The number of anilines is 1. The summed E-state index contributed by atoms with van der Waals surface area (Å²) >= 11 is 8.74. The highest BCUT2D eigenvalue weighted by molar-refractivity contribution is 9.10. The van der Waals surface area contributed by atoms with E-state index in [-0.39, 0.29) is 28.1 Å². The van der Waals surface area contributed by atoms with Gasteiger partial charge in [0.05, 0.1) is 15.2 Å². The van der Waals surface area contributed by atoms with Crippen molar-refractivity contribution in [3.63, 3.8) is 0 Å². The van der Waals surface area contributed by atoms with Crippen LogP contribution >= 0.6 is 27.5 Å². The minimum Gasteiger partial charge on any atom is -0.395 e. The number of sulfonamides is 1. The van der Waals surface area contributed by atoms with Crippen LogP contribution in [0, 0.1) is 5.82 Å². The van der Waals surface area contributed by atoms with Gasteiger partial charge in [-0.3, -0.25) is 4.79 Å². The summed E-state index contributed by atoms with van der Waals surface area (Å²) in [5.74, 6) is -1.53. The van der Waals surface area contributed by atoms with Crippen molar-refractivity contribution in [2.24, 2.45) is 5.73 Å². The van der Waals surface area contributed by atoms with Crippen LogP contribution in [0.25, 0.3) is 0 Å². The summed E-state index contributed by atoms with van der Waals surface area (Å²) in [6, 6.07) is 0.975. The Kier molecular flexibility index (Phi) is 6.39. The van der Waals surface area contributed by atoms with Crippen LogP contribution in [0.1, 0.15) is 19.3 Å². The predicted molar refractivity (Wildman–Crippen MR) is 81.8 cm³/mol. The lowest BCUT2D eigenvalue weighted by Crippen LogP contribution is -2.26. The molecule has 0 radical (unpaired) electrons. The first-order valence-corrected chi connectivity index (χ1v) is 8.53. The van der Waals surface area contributed by atoms with Gasteiger partial charge < -0.3 is 11.5 Å². The minimum absolute atomic E-state index is 0.0111. The molecule has 10 heteroatoms. The van der Waals surface area contributed by atoms with E-state index in [0.29, 0.717) is 12.8 Å². The quantitative estimate of drug-likeness (QED) is 0.366. The molecule has 21 heavy (non-hydrogen) atoms. The Bertz CT molecular complexity index is 655. The molecule has 118 valence electrons. The molecule has 6 nitrogen and oxygen atoms in total. The number of carbonyl (C=O) groups excluding carboxylic acids is 1. The third-order valence-electron chi connectivity index (χ3n) is 2.59. The summed E-state index contributed by atoms with van der Waals surface area (Å²) in [5.41, 5.74) is 10.0. The maximum atomic E-state index is 13.9. The summed E-state index contributed by atoms with van der Waals surface area (Å²) < 4.78 is 40.2. The Labute approximate surface area is 135 Å². The molecule has 0 fully saturated rings. The molecule has 0 aliphatic rings. The molecule has 0 bridgehead atoms. The van der Waals surface area contributed by atoms with Gasteiger partial charge in [-0.25, -0.2) is 17.5 Å². The number of carbonyl (C=O) groups is 1. The van der Waals surface area contributed by atoms with Gasteiger partial charge in [-0.15, -0.1) is 0 Å². The molecule has 5 N–H and O–H groups in total. The molecule has 0 aliphatic heterocycles.